The number of aliphatic hydroxyl groups is 1. The maximum Gasteiger partial charge on any atom is 0.337 e. The summed E-state index contributed by atoms with van der Waals surface area (Å²) in [7, 11) is 0. The predicted octanol–water partition coefficient (Wildman–Crippen LogP) is -0.116. The van der Waals surface area contributed by atoms with E-state index in [9.17, 15) is 9.59 Å². The quantitative estimate of drug-likeness (QED) is 0.306. The number of ether oxygens (including phenoxy) is 1. The van der Waals surface area contributed by atoms with Crippen molar-refractivity contribution >= 4 is 11.9 Å². The zero-order chi connectivity index (χ0) is 12.6. The van der Waals surface area contributed by atoms with Gasteiger partial charge in [0.2, 0.25) is 5.54 Å². The molecule has 0 aliphatic rings. The minimum Gasteiger partial charge on any atom is -0.479 e. The fourth-order valence-electron chi connectivity index (χ4n) is 1.09. The Morgan fingerprint density at radius 2 is 2.00 bits per heavy atom. The standard InChI is InChI=1S/C10H19NO5/c1-2-3-7-16-9(15)10(11,8(13)14)5-4-6-12/h12H,2-7,11H2,1H3,(H,13,14). The third-order valence-corrected chi connectivity index (χ3v) is 2.21. The Bertz CT molecular complexity index is 243. The van der Waals surface area contributed by atoms with E-state index in [1.165, 1.54) is 0 Å². The zero-order valence-electron chi connectivity index (χ0n) is 9.44. The molecule has 6 heteroatoms. The number of hydrogen-bond acceptors (Lipinski definition) is 5. The summed E-state index contributed by atoms with van der Waals surface area (Å²) in [5.41, 5.74) is 3.42. The molecule has 1 unspecified atom stereocenters. The normalized spacial score (nSPS) is 14.2. The third kappa shape index (κ3) is 4.16. The summed E-state index contributed by atoms with van der Waals surface area (Å²) in [4.78, 5) is 22.4. The van der Waals surface area contributed by atoms with E-state index >= 15 is 0 Å². The van der Waals surface area contributed by atoms with Gasteiger partial charge < -0.3 is 20.7 Å². The highest BCUT2D eigenvalue weighted by Crippen LogP contribution is 2.12. The largest absolute Gasteiger partial charge is 0.479 e. The molecule has 16 heavy (non-hydrogen) atoms. The van der Waals surface area contributed by atoms with Crippen LogP contribution in [-0.2, 0) is 14.3 Å². The van der Waals surface area contributed by atoms with Crippen molar-refractivity contribution in [2.24, 2.45) is 5.73 Å². The molecule has 1 atom stereocenters. The van der Waals surface area contributed by atoms with Gasteiger partial charge in [-0.3, -0.25) is 0 Å². The molecule has 0 bridgehead atoms. The van der Waals surface area contributed by atoms with E-state index in [0.29, 0.717) is 6.42 Å². The Kier molecular flexibility index (Phi) is 6.67. The Morgan fingerprint density at radius 3 is 2.44 bits per heavy atom. The number of carboxylic acid groups (broad SMARTS) is 1. The van der Waals surface area contributed by atoms with Crippen LogP contribution in [-0.4, -0.2) is 40.9 Å². The number of carboxylic acids is 1. The number of aliphatic hydroxyl groups excluding tert-OH is 1. The number of hydrogen-bond donors (Lipinski definition) is 3. The maximum absolute atomic E-state index is 11.5. The van der Waals surface area contributed by atoms with Crippen LogP contribution < -0.4 is 5.73 Å². The highest BCUT2D eigenvalue weighted by molar-refractivity contribution is 6.03. The van der Waals surface area contributed by atoms with Gasteiger partial charge in [-0.2, -0.15) is 0 Å². The van der Waals surface area contributed by atoms with Crippen LogP contribution in [0.3, 0.4) is 0 Å². The molecule has 94 valence electrons. The average molecular weight is 233 g/mol. The van der Waals surface area contributed by atoms with Crippen molar-refractivity contribution in [1.82, 2.24) is 0 Å². The maximum atomic E-state index is 11.5. The van der Waals surface area contributed by atoms with Crippen molar-refractivity contribution in [1.29, 1.82) is 0 Å². The van der Waals surface area contributed by atoms with Gasteiger partial charge in [0.1, 0.15) is 0 Å². The number of carbonyl (C=O) groups excluding carboxylic acids is 1. The average Bonchev–Trinajstić information content (AvgIpc) is 2.25. The van der Waals surface area contributed by atoms with Gasteiger partial charge in [-0.05, 0) is 19.3 Å². The Balaban J connectivity index is 4.39. The predicted molar refractivity (Wildman–Crippen MR) is 56.7 cm³/mol. The molecule has 0 saturated heterocycles. The van der Waals surface area contributed by atoms with Crippen molar-refractivity contribution in [3.8, 4) is 0 Å². The van der Waals surface area contributed by atoms with Crippen LogP contribution in [0.15, 0.2) is 0 Å². The SMILES string of the molecule is CCCCOC(=O)C(N)(CCCO)C(=O)O. The summed E-state index contributed by atoms with van der Waals surface area (Å²) in [6.07, 6.45) is 1.52. The van der Waals surface area contributed by atoms with E-state index in [1.807, 2.05) is 6.92 Å². The molecule has 0 spiro atoms. The summed E-state index contributed by atoms with van der Waals surface area (Å²) < 4.78 is 4.78. The van der Waals surface area contributed by atoms with Crippen LogP contribution in [0.1, 0.15) is 32.6 Å². The molecule has 4 N–H and O–H groups in total. The van der Waals surface area contributed by atoms with Crippen molar-refractivity contribution in [2.75, 3.05) is 13.2 Å². The van der Waals surface area contributed by atoms with Gasteiger partial charge in [0, 0.05) is 6.61 Å². The first-order valence-electron chi connectivity index (χ1n) is 5.29. The van der Waals surface area contributed by atoms with E-state index in [1.54, 1.807) is 0 Å². The smallest absolute Gasteiger partial charge is 0.337 e. The summed E-state index contributed by atoms with van der Waals surface area (Å²) >= 11 is 0. The molecule has 0 amide bonds. The number of nitrogens with two attached hydrogens (primary N) is 1. The molecule has 0 aromatic rings. The first-order chi connectivity index (χ1) is 7.49. The van der Waals surface area contributed by atoms with Gasteiger partial charge in [-0.1, -0.05) is 13.3 Å². The van der Waals surface area contributed by atoms with Gasteiger partial charge >= 0.3 is 11.9 Å². The summed E-state index contributed by atoms with van der Waals surface area (Å²) in [5, 5.41) is 17.5. The molecule has 0 saturated carbocycles. The summed E-state index contributed by atoms with van der Waals surface area (Å²) in [6, 6.07) is 0. The second kappa shape index (κ2) is 7.19. The highest BCUT2D eigenvalue weighted by Gasteiger charge is 2.43. The lowest BCUT2D eigenvalue weighted by Crippen LogP contribution is -2.55. The summed E-state index contributed by atoms with van der Waals surface area (Å²) in [5.74, 6) is -2.37. The van der Waals surface area contributed by atoms with Gasteiger partial charge in [-0.15, -0.1) is 0 Å². The third-order valence-electron chi connectivity index (χ3n) is 2.21. The minimum absolute atomic E-state index is 0.135. The lowest BCUT2D eigenvalue weighted by molar-refractivity contribution is -0.161. The Hall–Kier alpha value is -1.14. The molecule has 0 aliphatic heterocycles. The molecule has 0 aromatic heterocycles. The van der Waals surface area contributed by atoms with Crippen molar-refractivity contribution in [3.63, 3.8) is 0 Å². The van der Waals surface area contributed by atoms with Crippen LogP contribution in [0.25, 0.3) is 0 Å². The number of esters is 1. The van der Waals surface area contributed by atoms with Crippen molar-refractivity contribution in [3.05, 3.63) is 0 Å². The minimum atomic E-state index is -2.05. The molecule has 0 heterocycles. The first kappa shape index (κ1) is 14.9. The highest BCUT2D eigenvalue weighted by atomic mass is 16.5. The van der Waals surface area contributed by atoms with E-state index in [4.69, 9.17) is 20.7 Å². The van der Waals surface area contributed by atoms with Gasteiger partial charge in [0.15, 0.2) is 0 Å². The second-order valence-electron chi connectivity index (χ2n) is 3.59. The number of aliphatic carboxylic acids is 1. The molecular weight excluding hydrogens is 214 g/mol. The lowest BCUT2D eigenvalue weighted by Gasteiger charge is -2.22. The Labute approximate surface area is 94.4 Å². The van der Waals surface area contributed by atoms with E-state index < -0.39 is 17.5 Å². The molecule has 6 nitrogen and oxygen atoms in total. The topological polar surface area (TPSA) is 110 Å². The monoisotopic (exact) mass is 233 g/mol. The van der Waals surface area contributed by atoms with Crippen LogP contribution >= 0.6 is 0 Å². The fraction of sp³-hybridized carbons (Fsp3) is 0.800. The van der Waals surface area contributed by atoms with E-state index in [2.05, 4.69) is 0 Å². The lowest BCUT2D eigenvalue weighted by atomic mass is 9.95. The van der Waals surface area contributed by atoms with Crippen molar-refractivity contribution < 1.29 is 24.5 Å². The molecular formula is C10H19NO5. The van der Waals surface area contributed by atoms with Crippen LogP contribution in [0.4, 0.5) is 0 Å². The fourth-order valence-corrected chi connectivity index (χ4v) is 1.09. The van der Waals surface area contributed by atoms with Gasteiger partial charge in [0.05, 0.1) is 6.61 Å². The number of carbonyl (C=O) groups is 2. The zero-order valence-corrected chi connectivity index (χ0v) is 9.44. The Morgan fingerprint density at radius 1 is 1.38 bits per heavy atom. The number of rotatable bonds is 8. The van der Waals surface area contributed by atoms with Crippen LogP contribution in [0.2, 0.25) is 0 Å². The molecule has 0 aliphatic carbocycles. The molecule has 0 radical (unpaired) electrons. The molecule has 0 aromatic carbocycles. The summed E-state index contributed by atoms with van der Waals surface area (Å²) in [6.45, 7) is 1.88. The van der Waals surface area contributed by atoms with Crippen LogP contribution in [0.5, 0.6) is 0 Å². The van der Waals surface area contributed by atoms with Crippen molar-refractivity contribution in [2.45, 2.75) is 38.1 Å². The van der Waals surface area contributed by atoms with E-state index in [0.717, 1.165) is 6.42 Å². The van der Waals surface area contributed by atoms with Gasteiger partial charge in [-0.25, -0.2) is 9.59 Å². The second-order valence-corrected chi connectivity index (χ2v) is 3.59. The van der Waals surface area contributed by atoms with E-state index in [-0.39, 0.29) is 26.1 Å². The van der Waals surface area contributed by atoms with Crippen LogP contribution in [0, 0.1) is 0 Å². The van der Waals surface area contributed by atoms with Gasteiger partial charge in [0.25, 0.3) is 0 Å². The molecule has 0 fully saturated rings. The first-order valence-corrected chi connectivity index (χ1v) is 5.29. The molecule has 0 rings (SSSR count). The number of unbranched alkanes of at least 4 members (excludes halogenated alkanes) is 1.